The molecule has 120 valence electrons. The van der Waals surface area contributed by atoms with E-state index in [-0.39, 0.29) is 5.92 Å². The number of sulfonamides is 1. The van der Waals surface area contributed by atoms with Crippen molar-refractivity contribution in [1.29, 1.82) is 0 Å². The first-order valence-electron chi connectivity index (χ1n) is 6.05. The summed E-state index contributed by atoms with van der Waals surface area (Å²) in [5, 5.41) is 9.12. The molecule has 5 nitrogen and oxygen atoms in total. The second-order valence-corrected chi connectivity index (χ2v) is 6.33. The van der Waals surface area contributed by atoms with Crippen LogP contribution >= 0.6 is 0 Å². The molecule has 0 aromatic heterocycles. The van der Waals surface area contributed by atoms with Gasteiger partial charge < -0.3 is 9.84 Å². The van der Waals surface area contributed by atoms with E-state index in [1.165, 1.54) is 12.1 Å². The molecule has 0 aliphatic rings. The molecule has 1 atom stereocenters. The van der Waals surface area contributed by atoms with Gasteiger partial charge in [0.15, 0.2) is 0 Å². The lowest BCUT2D eigenvalue weighted by Crippen LogP contribution is -2.41. The smallest absolute Gasteiger partial charge is 0.404 e. The zero-order chi connectivity index (χ0) is 16.3. The summed E-state index contributed by atoms with van der Waals surface area (Å²) in [5.74, 6) is -1.06. The van der Waals surface area contributed by atoms with Crippen LogP contribution in [0.15, 0.2) is 29.2 Å². The van der Waals surface area contributed by atoms with Crippen molar-refractivity contribution < 1.29 is 31.4 Å². The second-order valence-electron chi connectivity index (χ2n) is 4.65. The van der Waals surface area contributed by atoms with Crippen molar-refractivity contribution in [3.63, 3.8) is 0 Å². The monoisotopic (exact) mass is 327 g/mol. The van der Waals surface area contributed by atoms with Gasteiger partial charge in [-0.25, -0.2) is 13.1 Å². The Hall–Kier alpha value is -1.32. The zero-order valence-electron chi connectivity index (χ0n) is 11.4. The van der Waals surface area contributed by atoms with Crippen LogP contribution in [0.1, 0.15) is 13.8 Å². The third kappa shape index (κ3) is 5.18. The van der Waals surface area contributed by atoms with E-state index in [0.717, 1.165) is 12.1 Å². The lowest BCUT2D eigenvalue weighted by Gasteiger charge is -2.21. The van der Waals surface area contributed by atoms with Gasteiger partial charge in [0.2, 0.25) is 10.0 Å². The molecule has 9 heteroatoms. The summed E-state index contributed by atoms with van der Waals surface area (Å²) in [6, 6.07) is 3.60. The molecule has 0 bridgehead atoms. The lowest BCUT2D eigenvalue weighted by atomic mass is 10.1. The van der Waals surface area contributed by atoms with Crippen LogP contribution in [-0.4, -0.2) is 32.5 Å². The molecule has 21 heavy (non-hydrogen) atoms. The molecule has 2 N–H and O–H groups in total. The molecule has 1 aromatic carbocycles. The highest BCUT2D eigenvalue weighted by molar-refractivity contribution is 7.89. The first kappa shape index (κ1) is 17.7. The molecule has 0 aliphatic carbocycles. The molecule has 0 aliphatic heterocycles. The summed E-state index contributed by atoms with van der Waals surface area (Å²) in [6.45, 7) is 2.86. The van der Waals surface area contributed by atoms with E-state index in [0.29, 0.717) is 0 Å². The number of nitrogens with one attached hydrogen (secondary N) is 1. The number of hydrogen-bond donors (Lipinski definition) is 2. The first-order chi connectivity index (χ1) is 9.57. The maximum Gasteiger partial charge on any atom is 0.573 e. The standard InChI is InChI=1S/C12H16F3NO4S/c1-8(2)9(7-17)16-21(18,19)11-6-4-3-5-10(11)20-12(13,14)15/h3-6,8-9,16-17H,7H2,1-2H3. The normalized spacial score (nSPS) is 14.2. The summed E-state index contributed by atoms with van der Waals surface area (Å²) in [5.41, 5.74) is 0. The molecule has 0 spiro atoms. The average Bonchev–Trinajstić information content (AvgIpc) is 2.34. The van der Waals surface area contributed by atoms with E-state index in [1.807, 2.05) is 0 Å². The number of hydrogen-bond acceptors (Lipinski definition) is 4. The van der Waals surface area contributed by atoms with Crippen molar-refractivity contribution >= 4 is 10.0 Å². The molecule has 0 fully saturated rings. The molecule has 0 radical (unpaired) electrons. The summed E-state index contributed by atoms with van der Waals surface area (Å²) in [4.78, 5) is -0.638. The molecule has 1 rings (SSSR count). The molecule has 0 saturated carbocycles. The van der Waals surface area contributed by atoms with Crippen LogP contribution in [0.2, 0.25) is 0 Å². The van der Waals surface area contributed by atoms with Crippen molar-refractivity contribution in [3.8, 4) is 5.75 Å². The topological polar surface area (TPSA) is 75.6 Å². The Balaban J connectivity index is 3.14. The molecular formula is C12H16F3NO4S. The van der Waals surface area contributed by atoms with Gasteiger partial charge in [0.1, 0.15) is 10.6 Å². The van der Waals surface area contributed by atoms with Crippen LogP contribution in [0, 0.1) is 5.92 Å². The molecule has 0 amide bonds. The maximum atomic E-state index is 12.3. The van der Waals surface area contributed by atoms with E-state index >= 15 is 0 Å². The SMILES string of the molecule is CC(C)C(CO)NS(=O)(=O)c1ccccc1OC(F)(F)F. The second kappa shape index (κ2) is 6.63. The Morgan fingerprint density at radius 1 is 1.29 bits per heavy atom. The molecular weight excluding hydrogens is 311 g/mol. The van der Waals surface area contributed by atoms with E-state index in [9.17, 15) is 21.6 Å². The van der Waals surface area contributed by atoms with Crippen LogP contribution in [0.4, 0.5) is 13.2 Å². The fourth-order valence-corrected chi connectivity index (χ4v) is 3.03. The predicted molar refractivity (Wildman–Crippen MR) is 69.2 cm³/mol. The van der Waals surface area contributed by atoms with Crippen LogP contribution in [0.25, 0.3) is 0 Å². The van der Waals surface area contributed by atoms with Crippen LogP contribution in [-0.2, 0) is 10.0 Å². The Morgan fingerprint density at radius 3 is 2.33 bits per heavy atom. The Morgan fingerprint density at radius 2 is 1.86 bits per heavy atom. The lowest BCUT2D eigenvalue weighted by molar-refractivity contribution is -0.275. The molecule has 1 unspecified atom stereocenters. The largest absolute Gasteiger partial charge is 0.573 e. The first-order valence-corrected chi connectivity index (χ1v) is 7.53. The number of ether oxygens (including phenoxy) is 1. The van der Waals surface area contributed by atoms with Crippen LogP contribution in [0.3, 0.4) is 0 Å². The molecule has 0 saturated heterocycles. The summed E-state index contributed by atoms with van der Waals surface area (Å²) in [6.07, 6.45) is -5.00. The number of benzene rings is 1. The number of rotatable bonds is 6. The van der Waals surface area contributed by atoms with Crippen molar-refractivity contribution in [3.05, 3.63) is 24.3 Å². The van der Waals surface area contributed by atoms with E-state index in [4.69, 9.17) is 5.11 Å². The maximum absolute atomic E-state index is 12.3. The predicted octanol–water partition coefficient (Wildman–Crippen LogP) is 1.88. The third-order valence-electron chi connectivity index (χ3n) is 2.67. The Labute approximate surface area is 120 Å². The Kier molecular flexibility index (Phi) is 5.60. The molecule has 1 aromatic rings. The van der Waals surface area contributed by atoms with Gasteiger partial charge >= 0.3 is 6.36 Å². The summed E-state index contributed by atoms with van der Waals surface area (Å²) >= 11 is 0. The number of para-hydroxylation sites is 1. The van der Waals surface area contributed by atoms with Gasteiger partial charge in [0.25, 0.3) is 0 Å². The summed E-state index contributed by atoms with van der Waals surface area (Å²) < 4.78 is 67.0. The van der Waals surface area contributed by atoms with E-state index < -0.39 is 39.7 Å². The van der Waals surface area contributed by atoms with Gasteiger partial charge in [0.05, 0.1) is 6.61 Å². The minimum absolute atomic E-state index is 0.236. The van der Waals surface area contributed by atoms with Crippen LogP contribution in [0.5, 0.6) is 5.75 Å². The quantitative estimate of drug-likeness (QED) is 0.836. The van der Waals surface area contributed by atoms with E-state index in [1.54, 1.807) is 13.8 Å². The fourth-order valence-electron chi connectivity index (χ4n) is 1.53. The number of aliphatic hydroxyl groups excluding tert-OH is 1. The van der Waals surface area contributed by atoms with Gasteiger partial charge in [-0.1, -0.05) is 26.0 Å². The highest BCUT2D eigenvalue weighted by Crippen LogP contribution is 2.29. The minimum Gasteiger partial charge on any atom is -0.404 e. The van der Waals surface area contributed by atoms with Gasteiger partial charge in [-0.05, 0) is 18.1 Å². The Bertz CT molecular complexity index is 572. The average molecular weight is 327 g/mol. The fraction of sp³-hybridized carbons (Fsp3) is 0.500. The van der Waals surface area contributed by atoms with E-state index in [2.05, 4.69) is 9.46 Å². The number of aliphatic hydroxyl groups is 1. The number of alkyl halides is 3. The van der Waals surface area contributed by atoms with Crippen LogP contribution < -0.4 is 9.46 Å². The summed E-state index contributed by atoms with van der Waals surface area (Å²) in [7, 11) is -4.25. The van der Waals surface area contributed by atoms with Crippen molar-refractivity contribution in [1.82, 2.24) is 4.72 Å². The van der Waals surface area contributed by atoms with Crippen molar-refractivity contribution in [2.24, 2.45) is 5.92 Å². The third-order valence-corrected chi connectivity index (χ3v) is 4.20. The molecule has 0 heterocycles. The van der Waals surface area contributed by atoms with Gasteiger partial charge in [-0.2, -0.15) is 0 Å². The van der Waals surface area contributed by atoms with Crippen molar-refractivity contribution in [2.45, 2.75) is 31.1 Å². The minimum atomic E-state index is -5.00. The van der Waals surface area contributed by atoms with Gasteiger partial charge in [0, 0.05) is 6.04 Å². The highest BCUT2D eigenvalue weighted by Gasteiger charge is 2.34. The van der Waals surface area contributed by atoms with Gasteiger partial charge in [-0.3, -0.25) is 0 Å². The number of halogens is 3. The zero-order valence-corrected chi connectivity index (χ0v) is 12.2. The van der Waals surface area contributed by atoms with Gasteiger partial charge in [-0.15, -0.1) is 13.2 Å². The highest BCUT2D eigenvalue weighted by atomic mass is 32.2. The van der Waals surface area contributed by atoms with Crippen molar-refractivity contribution in [2.75, 3.05) is 6.61 Å².